The SMILES string of the molecule is COc1ccc(S(=O)(=O)N(CC(=O)NN=C2CCCCC2)c2ccccc2)cc1OC. The Morgan fingerprint density at radius 3 is 2.32 bits per heavy atom. The second-order valence-corrected chi connectivity index (χ2v) is 9.00. The highest BCUT2D eigenvalue weighted by atomic mass is 32.2. The van der Waals surface area contributed by atoms with E-state index in [1.54, 1.807) is 30.3 Å². The van der Waals surface area contributed by atoms with Crippen LogP contribution in [-0.2, 0) is 14.8 Å². The Balaban J connectivity index is 1.89. The highest BCUT2D eigenvalue weighted by Gasteiger charge is 2.28. The fourth-order valence-corrected chi connectivity index (χ4v) is 4.83. The van der Waals surface area contributed by atoms with Gasteiger partial charge in [-0.05, 0) is 49.9 Å². The lowest BCUT2D eigenvalue weighted by molar-refractivity contribution is -0.119. The molecule has 1 fully saturated rings. The van der Waals surface area contributed by atoms with Crippen molar-refractivity contribution in [3.63, 3.8) is 0 Å². The van der Waals surface area contributed by atoms with Gasteiger partial charge in [0.2, 0.25) is 0 Å². The minimum absolute atomic E-state index is 0.0135. The Kier molecular flexibility index (Phi) is 7.51. The van der Waals surface area contributed by atoms with E-state index < -0.39 is 22.5 Å². The van der Waals surface area contributed by atoms with E-state index in [0.29, 0.717) is 11.4 Å². The normalized spacial score (nSPS) is 13.9. The number of nitrogens with one attached hydrogen (secondary N) is 1. The van der Waals surface area contributed by atoms with Crippen LogP contribution in [0, 0.1) is 0 Å². The van der Waals surface area contributed by atoms with Gasteiger partial charge in [-0.2, -0.15) is 5.10 Å². The second-order valence-electron chi connectivity index (χ2n) is 7.14. The predicted molar refractivity (Wildman–Crippen MR) is 119 cm³/mol. The number of methoxy groups -OCH3 is 2. The van der Waals surface area contributed by atoms with Gasteiger partial charge in [0.05, 0.1) is 24.8 Å². The number of anilines is 1. The lowest BCUT2D eigenvalue weighted by Crippen LogP contribution is -2.39. The third-order valence-corrected chi connectivity index (χ3v) is 6.81. The maximum Gasteiger partial charge on any atom is 0.264 e. The van der Waals surface area contributed by atoms with E-state index in [-0.39, 0.29) is 10.6 Å². The van der Waals surface area contributed by atoms with Gasteiger partial charge in [-0.1, -0.05) is 24.6 Å². The number of amides is 1. The molecule has 1 amide bonds. The van der Waals surface area contributed by atoms with Crippen LogP contribution in [0.2, 0.25) is 0 Å². The molecule has 1 aliphatic rings. The largest absolute Gasteiger partial charge is 0.493 e. The molecule has 1 saturated carbocycles. The van der Waals surface area contributed by atoms with E-state index in [2.05, 4.69) is 10.5 Å². The summed E-state index contributed by atoms with van der Waals surface area (Å²) in [5.74, 6) is 0.185. The number of benzene rings is 2. The van der Waals surface area contributed by atoms with Crippen molar-refractivity contribution in [3.8, 4) is 11.5 Å². The van der Waals surface area contributed by atoms with Gasteiger partial charge in [-0.15, -0.1) is 0 Å². The van der Waals surface area contributed by atoms with Gasteiger partial charge in [0.15, 0.2) is 11.5 Å². The van der Waals surface area contributed by atoms with Gasteiger partial charge in [0.1, 0.15) is 6.54 Å². The number of hydrogen-bond acceptors (Lipinski definition) is 6. The van der Waals surface area contributed by atoms with Crippen molar-refractivity contribution in [2.75, 3.05) is 25.1 Å². The zero-order valence-electron chi connectivity index (χ0n) is 17.7. The topological polar surface area (TPSA) is 97.3 Å². The highest BCUT2D eigenvalue weighted by Crippen LogP contribution is 2.32. The summed E-state index contributed by atoms with van der Waals surface area (Å²) in [5, 5.41) is 4.19. The average molecular weight is 446 g/mol. The molecular weight excluding hydrogens is 418 g/mol. The van der Waals surface area contributed by atoms with Crippen LogP contribution in [0.3, 0.4) is 0 Å². The summed E-state index contributed by atoms with van der Waals surface area (Å²) in [7, 11) is -1.16. The van der Waals surface area contributed by atoms with Gasteiger partial charge in [0, 0.05) is 11.8 Å². The fourth-order valence-electron chi connectivity index (χ4n) is 3.39. The first-order valence-corrected chi connectivity index (χ1v) is 11.5. The first-order valence-electron chi connectivity index (χ1n) is 10.1. The number of para-hydroxylation sites is 1. The third-order valence-electron chi connectivity index (χ3n) is 5.04. The number of carbonyl (C=O) groups excluding carboxylic acids is 1. The molecule has 0 heterocycles. The number of hydrogen-bond donors (Lipinski definition) is 1. The van der Waals surface area contributed by atoms with Crippen molar-refractivity contribution in [3.05, 3.63) is 48.5 Å². The molecule has 0 radical (unpaired) electrons. The van der Waals surface area contributed by atoms with E-state index >= 15 is 0 Å². The van der Waals surface area contributed by atoms with Crippen molar-refractivity contribution >= 4 is 27.3 Å². The third kappa shape index (κ3) is 5.55. The van der Waals surface area contributed by atoms with Gasteiger partial charge < -0.3 is 9.47 Å². The molecule has 2 aromatic carbocycles. The fraction of sp³-hybridized carbons (Fsp3) is 0.364. The van der Waals surface area contributed by atoms with E-state index in [4.69, 9.17) is 9.47 Å². The summed E-state index contributed by atoms with van der Waals surface area (Å²) in [6, 6.07) is 12.8. The Morgan fingerprint density at radius 1 is 1.00 bits per heavy atom. The molecule has 0 spiro atoms. The average Bonchev–Trinajstić information content (AvgIpc) is 2.81. The molecular formula is C22H27N3O5S. The molecule has 8 nitrogen and oxygen atoms in total. The Labute approximate surface area is 182 Å². The van der Waals surface area contributed by atoms with E-state index in [0.717, 1.165) is 42.1 Å². The van der Waals surface area contributed by atoms with Crippen LogP contribution >= 0.6 is 0 Å². The van der Waals surface area contributed by atoms with Crippen LogP contribution in [0.15, 0.2) is 58.5 Å². The van der Waals surface area contributed by atoms with Crippen LogP contribution in [0.1, 0.15) is 32.1 Å². The van der Waals surface area contributed by atoms with E-state index in [1.165, 1.54) is 32.4 Å². The Bertz CT molecular complexity index is 1030. The number of ether oxygens (including phenoxy) is 2. The molecule has 3 rings (SSSR count). The molecule has 0 unspecified atom stereocenters. The summed E-state index contributed by atoms with van der Waals surface area (Å²) in [6.07, 6.45) is 4.98. The monoisotopic (exact) mass is 445 g/mol. The summed E-state index contributed by atoms with van der Waals surface area (Å²) in [5.41, 5.74) is 3.83. The van der Waals surface area contributed by atoms with Gasteiger partial charge in [-0.25, -0.2) is 13.8 Å². The van der Waals surface area contributed by atoms with Gasteiger partial charge >= 0.3 is 0 Å². The van der Waals surface area contributed by atoms with Crippen LogP contribution in [0.25, 0.3) is 0 Å². The number of hydrazone groups is 1. The van der Waals surface area contributed by atoms with Gasteiger partial charge in [0.25, 0.3) is 15.9 Å². The zero-order valence-corrected chi connectivity index (χ0v) is 18.5. The quantitative estimate of drug-likeness (QED) is 0.629. The number of carbonyl (C=O) groups is 1. The van der Waals surface area contributed by atoms with Crippen LogP contribution in [0.4, 0.5) is 5.69 Å². The lowest BCUT2D eigenvalue weighted by Gasteiger charge is -2.24. The maximum atomic E-state index is 13.5. The standard InChI is InChI=1S/C22H27N3O5S/c1-29-20-14-13-19(15-21(20)30-2)31(27,28)25(18-11-7-4-8-12-18)16-22(26)24-23-17-9-5-3-6-10-17/h4,7-8,11-15H,3,5-6,9-10,16H2,1-2H3,(H,24,26). The Hall–Kier alpha value is -3.07. The van der Waals surface area contributed by atoms with Crippen molar-refractivity contribution in [2.24, 2.45) is 5.10 Å². The van der Waals surface area contributed by atoms with E-state index in [1.807, 2.05) is 0 Å². The predicted octanol–water partition coefficient (Wildman–Crippen LogP) is 3.34. The molecule has 166 valence electrons. The molecule has 2 aromatic rings. The summed E-state index contributed by atoms with van der Waals surface area (Å²) in [6.45, 7) is -0.405. The smallest absolute Gasteiger partial charge is 0.264 e. The molecule has 1 N–H and O–H groups in total. The van der Waals surface area contributed by atoms with Crippen LogP contribution in [0.5, 0.6) is 11.5 Å². The molecule has 0 aliphatic heterocycles. The molecule has 0 bridgehead atoms. The van der Waals surface area contributed by atoms with Crippen LogP contribution in [-0.4, -0.2) is 40.8 Å². The van der Waals surface area contributed by atoms with Crippen molar-refractivity contribution in [2.45, 2.75) is 37.0 Å². The van der Waals surface area contributed by atoms with Crippen molar-refractivity contribution in [1.82, 2.24) is 5.43 Å². The summed E-state index contributed by atoms with van der Waals surface area (Å²) < 4.78 is 38.4. The summed E-state index contributed by atoms with van der Waals surface area (Å²) in [4.78, 5) is 12.6. The second kappa shape index (κ2) is 10.3. The molecule has 31 heavy (non-hydrogen) atoms. The number of sulfonamides is 1. The zero-order chi connectivity index (χ0) is 22.3. The lowest BCUT2D eigenvalue weighted by atomic mass is 9.99. The van der Waals surface area contributed by atoms with Crippen LogP contribution < -0.4 is 19.2 Å². The number of nitrogens with zero attached hydrogens (tertiary/aromatic N) is 2. The minimum Gasteiger partial charge on any atom is -0.493 e. The summed E-state index contributed by atoms with van der Waals surface area (Å²) >= 11 is 0. The van der Waals surface area contributed by atoms with Crippen molar-refractivity contribution in [1.29, 1.82) is 0 Å². The Morgan fingerprint density at radius 2 is 1.68 bits per heavy atom. The van der Waals surface area contributed by atoms with E-state index in [9.17, 15) is 13.2 Å². The maximum absolute atomic E-state index is 13.5. The first-order chi connectivity index (χ1) is 15.0. The molecule has 0 aromatic heterocycles. The highest BCUT2D eigenvalue weighted by molar-refractivity contribution is 7.92. The molecule has 9 heteroatoms. The van der Waals surface area contributed by atoms with Crippen molar-refractivity contribution < 1.29 is 22.7 Å². The minimum atomic E-state index is -4.06. The van der Waals surface area contributed by atoms with Gasteiger partial charge in [-0.3, -0.25) is 9.10 Å². The first kappa shape index (κ1) is 22.6. The molecule has 1 aliphatic carbocycles. The molecule has 0 atom stereocenters. The number of rotatable bonds is 8. The molecule has 0 saturated heterocycles.